The van der Waals surface area contributed by atoms with Gasteiger partial charge in [0, 0.05) is 11.1 Å². The fourth-order valence-electron chi connectivity index (χ4n) is 1.71. The summed E-state index contributed by atoms with van der Waals surface area (Å²) in [5.41, 5.74) is 2.17. The molecule has 1 heterocycles. The lowest BCUT2D eigenvalue weighted by Crippen LogP contribution is -2.14. The molecular formula is C16H19NO3S2. The summed E-state index contributed by atoms with van der Waals surface area (Å²) < 4.78 is 10.4. The van der Waals surface area contributed by atoms with E-state index in [1.54, 1.807) is 11.3 Å². The van der Waals surface area contributed by atoms with Gasteiger partial charge in [-0.3, -0.25) is 4.79 Å². The molecule has 1 unspecified atom stereocenters. The van der Waals surface area contributed by atoms with E-state index < -0.39 is 0 Å². The lowest BCUT2D eigenvalue weighted by Gasteiger charge is -2.07. The van der Waals surface area contributed by atoms with Crippen LogP contribution in [0, 0.1) is 6.92 Å². The molecule has 0 radical (unpaired) electrons. The molecule has 0 saturated heterocycles. The van der Waals surface area contributed by atoms with E-state index in [1.807, 2.05) is 43.5 Å². The van der Waals surface area contributed by atoms with Crippen molar-refractivity contribution < 1.29 is 14.3 Å². The molecule has 0 saturated carbocycles. The van der Waals surface area contributed by atoms with Crippen LogP contribution < -0.4 is 4.74 Å². The van der Waals surface area contributed by atoms with Crippen molar-refractivity contribution in [2.45, 2.75) is 31.5 Å². The highest BCUT2D eigenvalue weighted by Gasteiger charge is 2.14. The zero-order valence-corrected chi connectivity index (χ0v) is 14.5. The second-order valence-corrected chi connectivity index (χ2v) is 7.08. The molecule has 1 atom stereocenters. The number of aryl methyl sites for hydroxylation is 1. The topological polar surface area (TPSA) is 48.4 Å². The van der Waals surface area contributed by atoms with Gasteiger partial charge in [0.05, 0.1) is 18.1 Å². The summed E-state index contributed by atoms with van der Waals surface area (Å²) >= 11 is 3.09. The molecule has 118 valence electrons. The van der Waals surface area contributed by atoms with Gasteiger partial charge >= 0.3 is 5.97 Å². The number of rotatable bonds is 7. The number of ether oxygens (including phenoxy) is 2. The molecule has 0 aliphatic carbocycles. The molecule has 4 nitrogen and oxygen atoms in total. The van der Waals surface area contributed by atoms with Crippen LogP contribution in [0.25, 0.3) is 0 Å². The minimum atomic E-state index is -0.205. The van der Waals surface area contributed by atoms with Gasteiger partial charge in [-0.2, -0.15) is 0 Å². The van der Waals surface area contributed by atoms with E-state index in [2.05, 4.69) is 4.98 Å². The average molecular weight is 337 g/mol. The number of benzene rings is 1. The van der Waals surface area contributed by atoms with Crippen molar-refractivity contribution in [1.29, 1.82) is 0 Å². The van der Waals surface area contributed by atoms with Crippen molar-refractivity contribution in [3.63, 3.8) is 0 Å². The van der Waals surface area contributed by atoms with E-state index in [0.29, 0.717) is 12.4 Å². The molecule has 0 aliphatic heterocycles. The largest absolute Gasteiger partial charge is 0.486 e. The zero-order valence-electron chi connectivity index (χ0n) is 12.9. The summed E-state index contributed by atoms with van der Waals surface area (Å²) in [6, 6.07) is 7.95. The quantitative estimate of drug-likeness (QED) is 0.719. The first-order chi connectivity index (χ1) is 10.6. The summed E-state index contributed by atoms with van der Waals surface area (Å²) in [4.78, 5) is 15.9. The van der Waals surface area contributed by atoms with Gasteiger partial charge in [-0.25, -0.2) is 4.98 Å². The number of hydrogen-bond acceptors (Lipinski definition) is 6. The number of aromatic nitrogens is 1. The molecule has 0 N–H and O–H groups in total. The molecule has 0 aliphatic rings. The van der Waals surface area contributed by atoms with E-state index in [0.717, 1.165) is 16.5 Å². The number of esters is 1. The number of nitrogens with zero attached hydrogens (tertiary/aromatic N) is 1. The Bertz CT molecular complexity index is 610. The van der Waals surface area contributed by atoms with Crippen LogP contribution in [0.15, 0.2) is 29.6 Å². The van der Waals surface area contributed by atoms with Crippen LogP contribution in [0.1, 0.15) is 23.2 Å². The van der Waals surface area contributed by atoms with Crippen molar-refractivity contribution in [3.8, 4) is 5.75 Å². The minimum Gasteiger partial charge on any atom is -0.486 e. The molecule has 1 aromatic heterocycles. The molecule has 0 spiro atoms. The Morgan fingerprint density at radius 2 is 2.09 bits per heavy atom. The predicted octanol–water partition coefficient (Wildman–Crippen LogP) is 3.83. The first-order valence-corrected chi connectivity index (χ1v) is 8.83. The number of thiazole rings is 1. The average Bonchev–Trinajstić information content (AvgIpc) is 2.99. The highest BCUT2D eigenvalue weighted by molar-refractivity contribution is 7.99. The number of hydrogen-bond donors (Lipinski definition) is 0. The molecule has 2 rings (SSSR count). The van der Waals surface area contributed by atoms with E-state index in [4.69, 9.17) is 9.47 Å². The second-order valence-electron chi connectivity index (χ2n) is 4.81. The zero-order chi connectivity index (χ0) is 15.9. The molecular weight excluding hydrogens is 318 g/mol. The van der Waals surface area contributed by atoms with Crippen molar-refractivity contribution in [2.75, 3.05) is 7.11 Å². The van der Waals surface area contributed by atoms with Crippen LogP contribution in [0.5, 0.6) is 5.75 Å². The Morgan fingerprint density at radius 3 is 2.77 bits per heavy atom. The molecule has 6 heteroatoms. The molecule has 0 bridgehead atoms. The highest BCUT2D eigenvalue weighted by atomic mass is 32.2. The SMILES string of the molecule is COC(=O)C(C)SCc1csc(COc2ccc(C)cc2)n1. The highest BCUT2D eigenvalue weighted by Crippen LogP contribution is 2.21. The summed E-state index contributed by atoms with van der Waals surface area (Å²) in [7, 11) is 1.41. The first kappa shape index (κ1) is 16.8. The number of carbonyl (C=O) groups is 1. The monoisotopic (exact) mass is 337 g/mol. The van der Waals surface area contributed by atoms with Gasteiger partial charge in [0.2, 0.25) is 0 Å². The van der Waals surface area contributed by atoms with E-state index in [1.165, 1.54) is 24.4 Å². The molecule has 0 fully saturated rings. The summed E-state index contributed by atoms with van der Waals surface area (Å²) in [5, 5.41) is 2.76. The van der Waals surface area contributed by atoms with Gasteiger partial charge in [-0.05, 0) is 26.0 Å². The molecule has 2 aromatic rings. The van der Waals surface area contributed by atoms with Crippen LogP contribution >= 0.6 is 23.1 Å². The second kappa shape index (κ2) is 8.19. The Kier molecular flexibility index (Phi) is 6.27. The van der Waals surface area contributed by atoms with Gasteiger partial charge in [0.1, 0.15) is 17.4 Å². The van der Waals surface area contributed by atoms with Gasteiger partial charge in [0.15, 0.2) is 0 Å². The Morgan fingerprint density at radius 1 is 1.36 bits per heavy atom. The summed E-state index contributed by atoms with van der Waals surface area (Å²) in [5.74, 6) is 1.33. The normalized spacial score (nSPS) is 12.0. The number of carbonyl (C=O) groups excluding carboxylic acids is 1. The van der Waals surface area contributed by atoms with Crippen LogP contribution in [0.2, 0.25) is 0 Å². The molecule has 22 heavy (non-hydrogen) atoms. The van der Waals surface area contributed by atoms with Crippen molar-refractivity contribution in [2.24, 2.45) is 0 Å². The third kappa shape index (κ3) is 5.03. The van der Waals surface area contributed by atoms with E-state index in [9.17, 15) is 4.79 Å². The van der Waals surface area contributed by atoms with E-state index in [-0.39, 0.29) is 11.2 Å². The third-order valence-corrected chi connectivity index (χ3v) is 5.02. The summed E-state index contributed by atoms with van der Waals surface area (Å²) in [6.07, 6.45) is 0. The Balaban J connectivity index is 1.81. The maximum atomic E-state index is 11.3. The number of methoxy groups -OCH3 is 1. The predicted molar refractivity (Wildman–Crippen MR) is 90.4 cm³/mol. The van der Waals surface area contributed by atoms with Crippen molar-refractivity contribution in [3.05, 3.63) is 45.9 Å². The van der Waals surface area contributed by atoms with Crippen molar-refractivity contribution in [1.82, 2.24) is 4.98 Å². The van der Waals surface area contributed by atoms with Gasteiger partial charge < -0.3 is 9.47 Å². The Labute approximate surface area is 138 Å². The van der Waals surface area contributed by atoms with E-state index >= 15 is 0 Å². The fourth-order valence-corrected chi connectivity index (χ4v) is 3.32. The first-order valence-electron chi connectivity index (χ1n) is 6.90. The third-order valence-electron chi connectivity index (χ3n) is 3.00. The summed E-state index contributed by atoms with van der Waals surface area (Å²) in [6.45, 7) is 4.35. The van der Waals surface area contributed by atoms with Crippen LogP contribution in [-0.2, 0) is 21.9 Å². The Hall–Kier alpha value is -1.53. The number of thioether (sulfide) groups is 1. The van der Waals surface area contributed by atoms with Gasteiger partial charge in [-0.15, -0.1) is 23.1 Å². The minimum absolute atomic E-state index is 0.182. The maximum absolute atomic E-state index is 11.3. The maximum Gasteiger partial charge on any atom is 0.318 e. The standard InChI is InChI=1S/C16H19NO3S2/c1-11-4-6-14(7-5-11)20-8-15-17-13(10-22-15)9-21-12(2)16(18)19-3/h4-7,10,12H,8-9H2,1-3H3. The fraction of sp³-hybridized carbons (Fsp3) is 0.375. The lowest BCUT2D eigenvalue weighted by molar-refractivity contribution is -0.139. The van der Waals surface area contributed by atoms with Gasteiger partial charge in [-0.1, -0.05) is 17.7 Å². The lowest BCUT2D eigenvalue weighted by atomic mass is 10.2. The molecule has 0 amide bonds. The van der Waals surface area contributed by atoms with Crippen LogP contribution in [0.3, 0.4) is 0 Å². The van der Waals surface area contributed by atoms with Crippen molar-refractivity contribution >= 4 is 29.1 Å². The van der Waals surface area contributed by atoms with Crippen LogP contribution in [0.4, 0.5) is 0 Å². The van der Waals surface area contributed by atoms with Crippen LogP contribution in [-0.4, -0.2) is 23.3 Å². The smallest absolute Gasteiger partial charge is 0.318 e. The van der Waals surface area contributed by atoms with Gasteiger partial charge in [0.25, 0.3) is 0 Å². The molecule has 1 aromatic carbocycles.